The molecule has 2 saturated heterocycles. The highest BCUT2D eigenvalue weighted by Gasteiger charge is 2.47. The topological polar surface area (TPSA) is 137 Å². The van der Waals surface area contributed by atoms with Crippen LogP contribution in [0.25, 0.3) is 0 Å². The van der Waals surface area contributed by atoms with Crippen molar-refractivity contribution >= 4 is 52.6 Å². The molecule has 0 saturated carbocycles. The zero-order valence-electron chi connectivity index (χ0n) is 27.3. The number of benzene rings is 2. The van der Waals surface area contributed by atoms with Crippen LogP contribution in [0.5, 0.6) is 0 Å². The second kappa shape index (κ2) is 15.8. The molecule has 1 aromatic heterocycles. The van der Waals surface area contributed by atoms with E-state index in [2.05, 4.69) is 37.0 Å². The summed E-state index contributed by atoms with van der Waals surface area (Å²) in [4.78, 5) is 59.3. The Bertz CT molecular complexity index is 1640. The third-order valence-electron chi connectivity index (χ3n) is 8.68. The molecule has 1 unspecified atom stereocenters. The van der Waals surface area contributed by atoms with E-state index in [-0.39, 0.29) is 41.7 Å². The van der Waals surface area contributed by atoms with Gasteiger partial charge in [0.2, 0.25) is 11.8 Å². The second-order valence-corrected chi connectivity index (χ2v) is 14.9. The van der Waals surface area contributed by atoms with E-state index in [1.165, 1.54) is 5.56 Å². The van der Waals surface area contributed by atoms with E-state index >= 15 is 0 Å². The summed E-state index contributed by atoms with van der Waals surface area (Å²) in [6.45, 7) is 6.50. The summed E-state index contributed by atoms with van der Waals surface area (Å²) >= 11 is 13.1. The van der Waals surface area contributed by atoms with Gasteiger partial charge in [0, 0.05) is 49.7 Å². The maximum Gasteiger partial charge on any atom is 0.407 e. The first-order valence-electron chi connectivity index (χ1n) is 16.2. The third-order valence-corrected chi connectivity index (χ3v) is 10.00. The SMILES string of the molecule is CC(C)(C)OC(=O)N[C@@H]1C[C@H]2C(=O)N([C@H](CCc3nsc(=O)[nH]3)C(=O)NCc3ccc(Cl)c(Cl)c3)CCC(CCc3ccccc3)N2C1. The van der Waals surface area contributed by atoms with Crippen molar-refractivity contribution in [2.24, 2.45) is 0 Å². The average molecular weight is 718 g/mol. The van der Waals surface area contributed by atoms with Crippen LogP contribution in [0.4, 0.5) is 4.79 Å². The van der Waals surface area contributed by atoms with E-state index < -0.39 is 23.8 Å². The lowest BCUT2D eigenvalue weighted by Gasteiger charge is -2.32. The molecule has 3 heterocycles. The number of hydrogen-bond donors (Lipinski definition) is 3. The van der Waals surface area contributed by atoms with Crippen molar-refractivity contribution in [3.05, 3.63) is 85.2 Å². The molecule has 2 aromatic carbocycles. The summed E-state index contributed by atoms with van der Waals surface area (Å²) in [5.74, 6) is -0.00530. The van der Waals surface area contributed by atoms with Crippen LogP contribution in [-0.2, 0) is 33.7 Å². The highest BCUT2D eigenvalue weighted by Crippen LogP contribution is 2.31. The first kappa shape index (κ1) is 35.8. The standard InChI is InChI=1S/C34H42Cl2N6O5S/c1-34(2,3)47-32(45)38-23-18-28-31(44)41(16-15-24(42(28)20-23)11-9-21-7-5-4-6-8-21)27(13-14-29-39-33(46)48-40-29)30(43)37-19-22-10-12-25(35)26(36)17-22/h4-8,10,12,17,23-24,27-28H,9,11,13-16,18-20H2,1-3H3,(H,37,43)(H,38,45)(H,39,40,46)/t23-,24?,27-,28+/m1/s1. The molecule has 48 heavy (non-hydrogen) atoms. The van der Waals surface area contributed by atoms with Crippen molar-refractivity contribution in [2.45, 2.75) is 95.6 Å². The molecule has 5 rings (SSSR count). The largest absolute Gasteiger partial charge is 0.444 e. The van der Waals surface area contributed by atoms with Crippen LogP contribution in [0, 0.1) is 0 Å². The van der Waals surface area contributed by atoms with Gasteiger partial charge in [-0.15, -0.1) is 0 Å². The van der Waals surface area contributed by atoms with Gasteiger partial charge in [0.1, 0.15) is 17.5 Å². The number of amides is 3. The van der Waals surface area contributed by atoms with E-state index in [0.717, 1.165) is 29.9 Å². The van der Waals surface area contributed by atoms with E-state index in [4.69, 9.17) is 27.9 Å². The van der Waals surface area contributed by atoms with E-state index in [1.54, 1.807) is 23.1 Å². The van der Waals surface area contributed by atoms with Crippen molar-refractivity contribution in [1.29, 1.82) is 0 Å². The zero-order chi connectivity index (χ0) is 34.4. The number of nitrogens with zero attached hydrogens (tertiary/aromatic N) is 3. The Labute approximate surface area is 294 Å². The van der Waals surface area contributed by atoms with Gasteiger partial charge in [-0.25, -0.2) is 4.79 Å². The minimum Gasteiger partial charge on any atom is -0.444 e. The molecule has 11 nitrogen and oxygen atoms in total. The molecule has 3 amide bonds. The molecule has 0 bridgehead atoms. The highest BCUT2D eigenvalue weighted by molar-refractivity contribution is 7.02. The van der Waals surface area contributed by atoms with E-state index in [1.807, 2.05) is 39.0 Å². The number of H-pyrrole nitrogens is 1. The summed E-state index contributed by atoms with van der Waals surface area (Å²) in [7, 11) is 0. The molecule has 4 atom stereocenters. The van der Waals surface area contributed by atoms with Gasteiger partial charge in [-0.05, 0) is 76.1 Å². The smallest absolute Gasteiger partial charge is 0.407 e. The van der Waals surface area contributed by atoms with Crippen LogP contribution in [0.3, 0.4) is 0 Å². The number of nitrogens with one attached hydrogen (secondary N) is 3. The number of fused-ring (bicyclic) bond motifs is 1. The lowest BCUT2D eigenvalue weighted by Crippen LogP contribution is -2.53. The highest BCUT2D eigenvalue weighted by atomic mass is 35.5. The fraction of sp³-hybridized carbons (Fsp3) is 0.500. The van der Waals surface area contributed by atoms with Gasteiger partial charge in [0.25, 0.3) is 0 Å². The molecule has 258 valence electrons. The van der Waals surface area contributed by atoms with E-state index in [9.17, 15) is 19.2 Å². The first-order chi connectivity index (χ1) is 22.9. The van der Waals surface area contributed by atoms with Crippen LogP contribution in [0.15, 0.2) is 53.3 Å². The number of aromatic nitrogens is 2. The molecule has 0 aliphatic carbocycles. The van der Waals surface area contributed by atoms with Gasteiger partial charge in [-0.1, -0.05) is 59.6 Å². The predicted octanol–water partition coefficient (Wildman–Crippen LogP) is 4.96. The molecule has 2 fully saturated rings. The van der Waals surface area contributed by atoms with Gasteiger partial charge in [-0.3, -0.25) is 24.3 Å². The van der Waals surface area contributed by atoms with Crippen LogP contribution < -0.4 is 15.5 Å². The number of aromatic amines is 1. The first-order valence-corrected chi connectivity index (χ1v) is 17.8. The number of carbonyl (C=O) groups is 3. The number of hydrogen-bond acceptors (Lipinski definition) is 8. The molecule has 3 aromatic rings. The number of carbonyl (C=O) groups excluding carboxylic acids is 3. The van der Waals surface area contributed by atoms with Gasteiger partial charge >= 0.3 is 11.0 Å². The monoisotopic (exact) mass is 716 g/mol. The minimum absolute atomic E-state index is 0.0457. The minimum atomic E-state index is -0.821. The average Bonchev–Trinajstić information content (AvgIpc) is 3.62. The number of alkyl carbamates (subject to hydrolysis) is 1. The Kier molecular flexibility index (Phi) is 11.8. The number of aryl methyl sites for hydroxylation is 2. The van der Waals surface area contributed by atoms with Crippen LogP contribution in [0.1, 0.15) is 63.4 Å². The third kappa shape index (κ3) is 9.58. The van der Waals surface area contributed by atoms with Crippen molar-refractivity contribution in [1.82, 2.24) is 29.8 Å². The second-order valence-electron chi connectivity index (χ2n) is 13.4. The maximum absolute atomic E-state index is 14.5. The van der Waals surface area contributed by atoms with Gasteiger partial charge in [0.05, 0.1) is 16.1 Å². The Morgan fingerprint density at radius 3 is 2.54 bits per heavy atom. The number of rotatable bonds is 11. The molecule has 2 aliphatic rings. The van der Waals surface area contributed by atoms with E-state index in [0.29, 0.717) is 48.2 Å². The molecule has 14 heteroatoms. The predicted molar refractivity (Wildman–Crippen MR) is 186 cm³/mol. The van der Waals surface area contributed by atoms with Gasteiger partial charge in [-0.2, -0.15) is 4.37 Å². The molecular weight excluding hydrogens is 675 g/mol. The number of ether oxygens (including phenoxy) is 1. The lowest BCUT2D eigenvalue weighted by molar-refractivity contribution is -0.143. The zero-order valence-corrected chi connectivity index (χ0v) is 29.7. The summed E-state index contributed by atoms with van der Waals surface area (Å²) in [5.41, 5.74) is 1.32. The normalized spacial score (nSPS) is 20.6. The summed E-state index contributed by atoms with van der Waals surface area (Å²) < 4.78 is 9.69. The molecule has 0 radical (unpaired) electrons. The van der Waals surface area contributed by atoms with Crippen molar-refractivity contribution in [3.63, 3.8) is 0 Å². The van der Waals surface area contributed by atoms with Gasteiger partial charge < -0.3 is 20.3 Å². The Morgan fingerprint density at radius 1 is 1.08 bits per heavy atom. The van der Waals surface area contributed by atoms with Crippen molar-refractivity contribution in [2.75, 3.05) is 13.1 Å². The van der Waals surface area contributed by atoms with Crippen LogP contribution in [-0.4, -0.2) is 79.9 Å². The molecule has 0 spiro atoms. The summed E-state index contributed by atoms with van der Waals surface area (Å²) in [6, 6.07) is 13.8. The quantitative estimate of drug-likeness (QED) is 0.255. The van der Waals surface area contributed by atoms with Crippen LogP contribution in [0.2, 0.25) is 10.0 Å². The summed E-state index contributed by atoms with van der Waals surface area (Å²) in [6.07, 6.45) is 2.74. The van der Waals surface area contributed by atoms with Crippen molar-refractivity contribution < 1.29 is 19.1 Å². The number of halogens is 2. The molecule has 3 N–H and O–H groups in total. The maximum atomic E-state index is 14.5. The Morgan fingerprint density at radius 2 is 1.85 bits per heavy atom. The fourth-order valence-electron chi connectivity index (χ4n) is 6.47. The molecule has 2 aliphatic heterocycles. The Hall–Kier alpha value is -3.45. The summed E-state index contributed by atoms with van der Waals surface area (Å²) in [5, 5.41) is 6.76. The molecular formula is C34H42Cl2N6O5S. The fourth-order valence-corrected chi connectivity index (χ4v) is 7.28. The van der Waals surface area contributed by atoms with Gasteiger partial charge in [0.15, 0.2) is 0 Å². The van der Waals surface area contributed by atoms with Crippen molar-refractivity contribution in [3.8, 4) is 0 Å². The Balaban J connectivity index is 1.38. The van der Waals surface area contributed by atoms with Crippen LogP contribution >= 0.6 is 34.7 Å². The lowest BCUT2D eigenvalue weighted by atomic mass is 10.0.